The fourth-order valence-corrected chi connectivity index (χ4v) is 7.10. The smallest absolute Gasteiger partial charge is 0.259 e. The molecule has 0 bridgehead atoms. The molecule has 2 saturated heterocycles. The number of likely N-dealkylation sites (tertiary alicyclic amines) is 2. The molecule has 2 N–H and O–H groups in total. The first-order valence-electron chi connectivity index (χ1n) is 13.9. The van der Waals surface area contributed by atoms with Crippen LogP contribution in [0.1, 0.15) is 78.6 Å². The van der Waals surface area contributed by atoms with Crippen molar-refractivity contribution >= 4 is 33.7 Å². The van der Waals surface area contributed by atoms with E-state index in [4.69, 9.17) is 0 Å². The lowest BCUT2D eigenvalue weighted by atomic mass is 9.77. The molecule has 0 spiro atoms. The van der Waals surface area contributed by atoms with Crippen molar-refractivity contribution in [2.45, 2.75) is 95.4 Å². The van der Waals surface area contributed by atoms with Gasteiger partial charge in [-0.3, -0.25) is 23.9 Å². The van der Waals surface area contributed by atoms with Crippen LogP contribution < -0.4 is 10.0 Å². The Morgan fingerprint density at radius 2 is 1.68 bits per heavy atom. The highest BCUT2D eigenvalue weighted by atomic mass is 32.2. The first-order chi connectivity index (χ1) is 17.8. The van der Waals surface area contributed by atoms with Crippen LogP contribution in [0.2, 0.25) is 0 Å². The van der Waals surface area contributed by atoms with Crippen LogP contribution in [0.15, 0.2) is 12.7 Å². The predicted molar refractivity (Wildman–Crippen MR) is 142 cm³/mol. The third kappa shape index (κ3) is 5.92. The number of carbonyl (C=O) groups excluding carboxylic acids is 4. The van der Waals surface area contributed by atoms with Crippen molar-refractivity contribution in [1.82, 2.24) is 19.8 Å². The normalized spacial score (nSPS) is 28.4. The molecule has 4 rings (SSSR count). The van der Waals surface area contributed by atoms with Gasteiger partial charge in [-0.05, 0) is 56.8 Å². The second-order valence-corrected chi connectivity index (χ2v) is 14.4. The van der Waals surface area contributed by atoms with Gasteiger partial charge in [-0.1, -0.05) is 26.8 Å². The molecule has 11 heteroatoms. The predicted octanol–water partition coefficient (Wildman–Crippen LogP) is 1.71. The highest BCUT2D eigenvalue weighted by molar-refractivity contribution is 7.91. The van der Waals surface area contributed by atoms with Crippen LogP contribution in [0.3, 0.4) is 0 Å². The van der Waals surface area contributed by atoms with E-state index in [0.29, 0.717) is 45.3 Å². The maximum absolute atomic E-state index is 13.8. The lowest BCUT2D eigenvalue weighted by molar-refractivity contribution is -0.148. The Bertz CT molecular complexity index is 1090. The summed E-state index contributed by atoms with van der Waals surface area (Å²) in [7, 11) is -3.77. The molecule has 2 aliphatic heterocycles. The van der Waals surface area contributed by atoms with E-state index in [2.05, 4.69) is 16.6 Å². The summed E-state index contributed by atoms with van der Waals surface area (Å²) in [5.74, 6) is -2.47. The van der Waals surface area contributed by atoms with E-state index in [1.54, 1.807) is 11.0 Å². The molecule has 4 atom stereocenters. The van der Waals surface area contributed by atoms with Gasteiger partial charge >= 0.3 is 0 Å². The van der Waals surface area contributed by atoms with Gasteiger partial charge in [0.05, 0.1) is 11.2 Å². The average molecular weight is 551 g/mol. The highest BCUT2D eigenvalue weighted by Crippen LogP contribution is 2.45. The summed E-state index contributed by atoms with van der Waals surface area (Å²) < 4.78 is 26.9. The summed E-state index contributed by atoms with van der Waals surface area (Å²) in [4.78, 5) is 56.8. The van der Waals surface area contributed by atoms with Crippen LogP contribution in [-0.2, 0) is 29.2 Å². The Balaban J connectivity index is 1.46. The molecule has 0 aromatic rings. The number of rotatable bonds is 9. The first kappa shape index (κ1) is 28.6. The number of piperidine rings is 1. The monoisotopic (exact) mass is 550 g/mol. The summed E-state index contributed by atoms with van der Waals surface area (Å²) in [6, 6.07) is -0.784. The summed E-state index contributed by atoms with van der Waals surface area (Å²) in [5.41, 5.74) is -1.87. The Morgan fingerprint density at radius 1 is 1.03 bits per heavy atom. The van der Waals surface area contributed by atoms with E-state index in [0.717, 1.165) is 19.3 Å². The molecule has 2 heterocycles. The topological polar surface area (TPSA) is 133 Å². The van der Waals surface area contributed by atoms with Crippen molar-refractivity contribution in [3.05, 3.63) is 12.7 Å². The molecule has 2 saturated carbocycles. The van der Waals surface area contributed by atoms with Crippen LogP contribution in [0.4, 0.5) is 0 Å². The number of nitrogens with zero attached hydrogens (tertiary/aromatic N) is 2. The molecule has 4 aliphatic rings. The van der Waals surface area contributed by atoms with Crippen molar-refractivity contribution in [2.24, 2.45) is 17.3 Å². The zero-order valence-electron chi connectivity index (χ0n) is 22.8. The van der Waals surface area contributed by atoms with Gasteiger partial charge in [-0.25, -0.2) is 8.42 Å². The van der Waals surface area contributed by atoms with Gasteiger partial charge < -0.3 is 15.1 Å². The van der Waals surface area contributed by atoms with E-state index in [-0.39, 0.29) is 24.7 Å². The SMILES string of the molecule is C=C[C@@H]1C[C@]1(NC(=O)[C@@H]1CCCN1C(=O)[C@@H](CC(=O)N1CCCCC1)C(C)(C)C)C(=O)NS(=O)(=O)C1CC1. The van der Waals surface area contributed by atoms with E-state index in [9.17, 15) is 27.6 Å². The second-order valence-electron chi connectivity index (χ2n) is 12.4. The molecule has 0 unspecified atom stereocenters. The molecule has 0 aromatic carbocycles. The Kier molecular flexibility index (Phi) is 7.99. The van der Waals surface area contributed by atoms with E-state index in [1.807, 2.05) is 25.7 Å². The second kappa shape index (κ2) is 10.6. The Morgan fingerprint density at radius 3 is 2.24 bits per heavy atom. The maximum Gasteiger partial charge on any atom is 0.259 e. The van der Waals surface area contributed by atoms with Gasteiger partial charge in [-0.15, -0.1) is 6.58 Å². The molecule has 4 amide bonds. The minimum Gasteiger partial charge on any atom is -0.343 e. The summed E-state index contributed by atoms with van der Waals surface area (Å²) >= 11 is 0. The van der Waals surface area contributed by atoms with Gasteiger partial charge in [0.1, 0.15) is 11.6 Å². The van der Waals surface area contributed by atoms with Gasteiger partial charge in [0.2, 0.25) is 27.7 Å². The van der Waals surface area contributed by atoms with Gasteiger partial charge in [-0.2, -0.15) is 0 Å². The van der Waals surface area contributed by atoms with Crippen LogP contribution in [0.5, 0.6) is 0 Å². The number of nitrogens with one attached hydrogen (secondary N) is 2. The summed E-state index contributed by atoms with van der Waals surface area (Å²) in [6.07, 6.45) is 7.03. The van der Waals surface area contributed by atoms with E-state index < -0.39 is 55.9 Å². The minimum atomic E-state index is -3.77. The van der Waals surface area contributed by atoms with Crippen molar-refractivity contribution in [1.29, 1.82) is 0 Å². The standard InChI is InChI=1S/C27H42N4O6S/c1-5-18-17-27(18,25(35)29-38(36,37)19-11-12-19)28-23(33)21-10-9-15-31(21)24(34)20(26(2,3)4)16-22(32)30-13-7-6-8-14-30/h5,18-21H,1,6-17H2,2-4H3,(H,28,33)(H,29,35)/t18-,20-,21+,27-/m1/s1. The average Bonchev–Trinajstić information content (AvgIpc) is 3.78. The number of hydrogen-bond donors (Lipinski definition) is 2. The molecular weight excluding hydrogens is 508 g/mol. The van der Waals surface area contributed by atoms with Crippen molar-refractivity contribution in [3.63, 3.8) is 0 Å². The minimum absolute atomic E-state index is 0.0301. The molecule has 38 heavy (non-hydrogen) atoms. The van der Waals surface area contributed by atoms with Crippen molar-refractivity contribution < 1.29 is 27.6 Å². The third-order valence-electron chi connectivity index (χ3n) is 8.52. The maximum atomic E-state index is 13.8. The fraction of sp³-hybridized carbons (Fsp3) is 0.778. The molecule has 212 valence electrons. The van der Waals surface area contributed by atoms with Crippen molar-refractivity contribution in [2.75, 3.05) is 19.6 Å². The first-order valence-corrected chi connectivity index (χ1v) is 15.4. The molecule has 4 fully saturated rings. The lowest BCUT2D eigenvalue weighted by Gasteiger charge is -2.36. The highest BCUT2D eigenvalue weighted by Gasteiger charge is 2.61. The van der Waals surface area contributed by atoms with Crippen molar-refractivity contribution in [3.8, 4) is 0 Å². The van der Waals surface area contributed by atoms with E-state index >= 15 is 0 Å². The molecule has 0 aromatic heterocycles. The summed E-state index contributed by atoms with van der Waals surface area (Å²) in [5, 5.41) is 2.23. The number of sulfonamides is 1. The molecular formula is C27H42N4O6S. The molecule has 2 aliphatic carbocycles. The summed E-state index contributed by atoms with van der Waals surface area (Å²) in [6.45, 7) is 11.3. The number of hydrogen-bond acceptors (Lipinski definition) is 6. The zero-order valence-corrected chi connectivity index (χ0v) is 23.6. The van der Waals surface area contributed by atoms with Gasteiger partial charge in [0.15, 0.2) is 0 Å². The Labute approximate surface area is 226 Å². The van der Waals surface area contributed by atoms with E-state index in [1.165, 1.54) is 0 Å². The van der Waals surface area contributed by atoms with Crippen LogP contribution >= 0.6 is 0 Å². The van der Waals surface area contributed by atoms with Gasteiger partial charge in [0.25, 0.3) is 5.91 Å². The fourth-order valence-electron chi connectivity index (χ4n) is 5.73. The molecule has 0 radical (unpaired) electrons. The Hall–Kier alpha value is -2.43. The van der Waals surface area contributed by atoms with Crippen LogP contribution in [-0.4, -0.2) is 78.3 Å². The van der Waals surface area contributed by atoms with Crippen LogP contribution in [0.25, 0.3) is 0 Å². The zero-order chi connectivity index (χ0) is 27.9. The number of carbonyl (C=O) groups is 4. The largest absolute Gasteiger partial charge is 0.343 e. The van der Waals surface area contributed by atoms with Crippen LogP contribution in [0, 0.1) is 17.3 Å². The van der Waals surface area contributed by atoms with Gasteiger partial charge in [0, 0.05) is 32.0 Å². The third-order valence-corrected chi connectivity index (χ3v) is 10.3. The quantitative estimate of drug-likeness (QED) is 0.420. The lowest BCUT2D eigenvalue weighted by Crippen LogP contribution is -2.57. The number of amides is 4. The molecule has 10 nitrogen and oxygen atoms in total.